The fourth-order valence-corrected chi connectivity index (χ4v) is 3.93. The number of carbonyl (C=O) groups excluding carboxylic acids is 1. The Kier molecular flexibility index (Phi) is 4.78. The summed E-state index contributed by atoms with van der Waals surface area (Å²) in [7, 11) is 0. The van der Waals surface area contributed by atoms with E-state index in [0.29, 0.717) is 23.6 Å². The Morgan fingerprint density at radius 3 is 2.73 bits per heavy atom. The maximum atomic E-state index is 13.0. The molecule has 2 aliphatic heterocycles. The van der Waals surface area contributed by atoms with Crippen LogP contribution in [0.3, 0.4) is 0 Å². The van der Waals surface area contributed by atoms with Crippen LogP contribution in [0.1, 0.15) is 41.8 Å². The lowest BCUT2D eigenvalue weighted by atomic mass is 9.84. The third-order valence-electron chi connectivity index (χ3n) is 5.37. The highest BCUT2D eigenvalue weighted by atomic mass is 16.5. The first kappa shape index (κ1) is 17.2. The Hall–Kier alpha value is -2.18. The normalized spacial score (nSPS) is 22.3. The van der Waals surface area contributed by atoms with Gasteiger partial charge in [-0.2, -0.15) is 0 Å². The van der Waals surface area contributed by atoms with Crippen molar-refractivity contribution in [3.8, 4) is 11.3 Å². The predicted molar refractivity (Wildman–Crippen MR) is 95.9 cm³/mol. The van der Waals surface area contributed by atoms with Crippen LogP contribution in [0.4, 0.5) is 0 Å². The second-order valence-electron chi connectivity index (χ2n) is 7.14. The number of hydrogen-bond donors (Lipinski definition) is 1. The van der Waals surface area contributed by atoms with Crippen molar-refractivity contribution in [2.75, 3.05) is 19.8 Å². The third kappa shape index (κ3) is 3.39. The molecule has 0 aliphatic carbocycles. The minimum Gasteiger partial charge on any atom is -0.381 e. The molecule has 1 spiro atoms. The first-order chi connectivity index (χ1) is 12.7. The smallest absolute Gasteiger partial charge is 0.257 e. The first-order valence-electron chi connectivity index (χ1n) is 9.21. The van der Waals surface area contributed by atoms with Gasteiger partial charge in [-0.05, 0) is 32.6 Å². The molecule has 2 fully saturated rings. The van der Waals surface area contributed by atoms with Crippen molar-refractivity contribution in [2.24, 2.45) is 0 Å². The molecule has 1 unspecified atom stereocenters. The number of amides is 1. The maximum Gasteiger partial charge on any atom is 0.257 e. The molecule has 0 bridgehead atoms. The molecule has 0 saturated carbocycles. The second kappa shape index (κ2) is 7.21. The van der Waals surface area contributed by atoms with E-state index in [1.807, 2.05) is 30.3 Å². The fraction of sp³-hybridized carbons (Fsp3) is 0.500. The summed E-state index contributed by atoms with van der Waals surface area (Å²) in [6.07, 6.45) is 3.42. The van der Waals surface area contributed by atoms with Gasteiger partial charge in [0, 0.05) is 31.4 Å². The van der Waals surface area contributed by atoms with Gasteiger partial charge in [-0.3, -0.25) is 4.79 Å². The van der Waals surface area contributed by atoms with E-state index in [1.165, 1.54) is 0 Å². The van der Waals surface area contributed by atoms with E-state index < -0.39 is 0 Å². The van der Waals surface area contributed by atoms with Crippen LogP contribution in [-0.2, 0) is 9.47 Å². The van der Waals surface area contributed by atoms with Crippen LogP contribution >= 0.6 is 0 Å². The number of nitrogens with zero attached hydrogens (tertiary/aromatic N) is 1. The lowest BCUT2D eigenvalue weighted by molar-refractivity contribution is -0.139. The van der Waals surface area contributed by atoms with Crippen LogP contribution in [0.5, 0.6) is 0 Å². The number of hydrogen-bond acceptors (Lipinski definition) is 5. The highest BCUT2D eigenvalue weighted by molar-refractivity contribution is 6.00. The number of nitrogens with one attached hydrogen (secondary N) is 1. The monoisotopic (exact) mass is 356 g/mol. The van der Waals surface area contributed by atoms with E-state index >= 15 is 0 Å². The molecule has 1 atom stereocenters. The summed E-state index contributed by atoms with van der Waals surface area (Å²) in [4.78, 5) is 13.0. The number of aryl methyl sites for hydroxylation is 1. The summed E-state index contributed by atoms with van der Waals surface area (Å²) in [6.45, 7) is 3.89. The molecule has 1 aromatic carbocycles. The van der Waals surface area contributed by atoms with Crippen molar-refractivity contribution >= 4 is 5.91 Å². The lowest BCUT2D eigenvalue weighted by Crippen LogP contribution is -2.51. The summed E-state index contributed by atoms with van der Waals surface area (Å²) in [5.74, 6) is 0.408. The van der Waals surface area contributed by atoms with Gasteiger partial charge in [0.25, 0.3) is 5.91 Å². The van der Waals surface area contributed by atoms with Crippen LogP contribution < -0.4 is 5.32 Å². The molecule has 1 aromatic heterocycles. The van der Waals surface area contributed by atoms with E-state index in [0.717, 1.165) is 44.5 Å². The predicted octanol–water partition coefficient (Wildman–Crippen LogP) is 3.11. The largest absolute Gasteiger partial charge is 0.381 e. The van der Waals surface area contributed by atoms with Crippen LogP contribution in [0.15, 0.2) is 34.9 Å². The quantitative estimate of drug-likeness (QED) is 0.915. The van der Waals surface area contributed by atoms with Gasteiger partial charge in [0.1, 0.15) is 17.0 Å². The average molecular weight is 356 g/mol. The molecule has 2 aliphatic rings. The van der Waals surface area contributed by atoms with Gasteiger partial charge in [0.15, 0.2) is 0 Å². The van der Waals surface area contributed by atoms with E-state index in [1.54, 1.807) is 6.92 Å². The zero-order valence-corrected chi connectivity index (χ0v) is 15.0. The number of ether oxygens (including phenoxy) is 2. The molecule has 6 heteroatoms. The van der Waals surface area contributed by atoms with Gasteiger partial charge >= 0.3 is 0 Å². The van der Waals surface area contributed by atoms with Gasteiger partial charge in [-0.1, -0.05) is 35.5 Å². The fourth-order valence-electron chi connectivity index (χ4n) is 3.93. The van der Waals surface area contributed by atoms with Gasteiger partial charge in [0.05, 0.1) is 5.60 Å². The van der Waals surface area contributed by atoms with Crippen LogP contribution in [-0.4, -0.2) is 42.5 Å². The molecule has 138 valence electrons. The SMILES string of the molecule is Cc1onc(-c2ccccc2)c1C(=O)NC1CCOC2(CCOCC2)C1. The summed E-state index contributed by atoms with van der Waals surface area (Å²) >= 11 is 0. The second-order valence-corrected chi connectivity index (χ2v) is 7.14. The Bertz CT molecular complexity index is 760. The number of aromatic nitrogens is 1. The molecule has 6 nitrogen and oxygen atoms in total. The van der Waals surface area contributed by atoms with Crippen molar-refractivity contribution in [3.05, 3.63) is 41.7 Å². The highest BCUT2D eigenvalue weighted by Crippen LogP contribution is 2.34. The standard InChI is InChI=1S/C20H24N2O4/c1-14-17(18(22-26-14)15-5-3-2-4-6-15)19(23)21-16-7-10-25-20(13-16)8-11-24-12-9-20/h2-6,16H,7-13H2,1H3,(H,21,23). The third-order valence-corrected chi connectivity index (χ3v) is 5.37. The van der Waals surface area contributed by atoms with Crippen molar-refractivity contribution in [1.82, 2.24) is 10.5 Å². The Morgan fingerprint density at radius 2 is 1.96 bits per heavy atom. The molecular formula is C20H24N2O4. The van der Waals surface area contributed by atoms with Crippen molar-refractivity contribution in [2.45, 2.75) is 44.2 Å². The topological polar surface area (TPSA) is 73.6 Å². The maximum absolute atomic E-state index is 13.0. The van der Waals surface area contributed by atoms with Crippen molar-refractivity contribution < 1.29 is 18.8 Å². The molecule has 1 N–H and O–H groups in total. The minimum absolute atomic E-state index is 0.0901. The minimum atomic E-state index is -0.152. The number of benzene rings is 1. The summed E-state index contributed by atoms with van der Waals surface area (Å²) < 4.78 is 16.8. The zero-order chi connectivity index (χ0) is 18.0. The molecule has 2 saturated heterocycles. The summed E-state index contributed by atoms with van der Waals surface area (Å²) in [6, 6.07) is 9.74. The summed E-state index contributed by atoms with van der Waals surface area (Å²) in [5, 5.41) is 7.29. The van der Waals surface area contributed by atoms with Crippen molar-refractivity contribution in [3.63, 3.8) is 0 Å². The van der Waals surface area contributed by atoms with Crippen LogP contribution in [0.2, 0.25) is 0 Å². The van der Waals surface area contributed by atoms with E-state index in [-0.39, 0.29) is 17.6 Å². The van der Waals surface area contributed by atoms with Crippen LogP contribution in [0.25, 0.3) is 11.3 Å². The average Bonchev–Trinajstić information content (AvgIpc) is 3.05. The molecule has 0 radical (unpaired) electrons. The van der Waals surface area contributed by atoms with Crippen molar-refractivity contribution in [1.29, 1.82) is 0 Å². The van der Waals surface area contributed by atoms with Gasteiger partial charge in [-0.25, -0.2) is 0 Å². The number of rotatable bonds is 3. The Balaban J connectivity index is 1.51. The Labute approximate surface area is 152 Å². The van der Waals surface area contributed by atoms with E-state index in [9.17, 15) is 4.79 Å². The molecule has 1 amide bonds. The van der Waals surface area contributed by atoms with Gasteiger partial charge in [-0.15, -0.1) is 0 Å². The lowest BCUT2D eigenvalue weighted by Gasteiger charge is -2.43. The summed E-state index contributed by atoms with van der Waals surface area (Å²) in [5.41, 5.74) is 1.83. The molecule has 4 rings (SSSR count). The molecule has 2 aromatic rings. The number of carbonyl (C=O) groups is 1. The van der Waals surface area contributed by atoms with E-state index in [4.69, 9.17) is 14.0 Å². The Morgan fingerprint density at radius 1 is 1.19 bits per heavy atom. The van der Waals surface area contributed by atoms with Gasteiger partial charge < -0.3 is 19.3 Å². The first-order valence-corrected chi connectivity index (χ1v) is 9.21. The molecular weight excluding hydrogens is 332 g/mol. The zero-order valence-electron chi connectivity index (χ0n) is 15.0. The molecule has 26 heavy (non-hydrogen) atoms. The van der Waals surface area contributed by atoms with Crippen LogP contribution in [0, 0.1) is 6.92 Å². The van der Waals surface area contributed by atoms with Gasteiger partial charge in [0.2, 0.25) is 0 Å². The highest BCUT2D eigenvalue weighted by Gasteiger charge is 2.39. The molecule has 3 heterocycles. The van der Waals surface area contributed by atoms with E-state index in [2.05, 4.69) is 10.5 Å².